The van der Waals surface area contributed by atoms with Crippen LogP contribution in [0, 0.1) is 0 Å². The van der Waals surface area contributed by atoms with E-state index in [0.717, 1.165) is 0 Å². The van der Waals surface area contributed by atoms with E-state index in [1.165, 1.54) is 4.57 Å². The topological polar surface area (TPSA) is 56.1 Å². The minimum Gasteiger partial charge on any atom is -0.497 e. The van der Waals surface area contributed by atoms with E-state index in [4.69, 9.17) is 16.3 Å². The van der Waals surface area contributed by atoms with E-state index in [1.54, 1.807) is 32.4 Å². The number of benzene rings is 1. The first-order valence-corrected chi connectivity index (χ1v) is 5.44. The Bertz CT molecular complexity index is 609. The van der Waals surface area contributed by atoms with Crippen molar-refractivity contribution in [2.75, 3.05) is 14.2 Å². The molecule has 0 saturated heterocycles. The largest absolute Gasteiger partial charge is 0.497 e. The number of halogens is 1. The fraction of sp³-hybridized carbons (Fsp3) is 0.273. The molecule has 17 heavy (non-hydrogen) atoms. The number of hydrogen-bond donors (Lipinski definition) is 1. The van der Waals surface area contributed by atoms with Crippen LogP contribution < -0.4 is 15.6 Å². The molecule has 0 atom stereocenters. The third-order valence-electron chi connectivity index (χ3n) is 2.43. The highest BCUT2D eigenvalue weighted by atomic mass is 35.5. The van der Waals surface area contributed by atoms with Crippen LogP contribution >= 0.6 is 11.6 Å². The van der Waals surface area contributed by atoms with Gasteiger partial charge in [0.05, 0.1) is 24.7 Å². The van der Waals surface area contributed by atoms with E-state index >= 15 is 0 Å². The molecule has 0 fully saturated rings. The lowest BCUT2D eigenvalue weighted by atomic mass is 10.2. The van der Waals surface area contributed by atoms with Gasteiger partial charge in [-0.3, -0.25) is 9.36 Å². The van der Waals surface area contributed by atoms with Crippen molar-refractivity contribution in [2.45, 2.75) is 6.67 Å². The van der Waals surface area contributed by atoms with Gasteiger partial charge in [-0.25, -0.2) is 4.98 Å². The van der Waals surface area contributed by atoms with Crippen molar-refractivity contribution < 1.29 is 4.74 Å². The molecule has 2 aromatic rings. The Hall–Kier alpha value is -1.59. The molecule has 0 aliphatic carbocycles. The van der Waals surface area contributed by atoms with Crippen LogP contribution in [-0.2, 0) is 6.67 Å². The average Bonchev–Trinajstić information content (AvgIpc) is 2.34. The lowest BCUT2D eigenvalue weighted by Gasteiger charge is -2.09. The number of hydrogen-bond acceptors (Lipinski definition) is 4. The highest BCUT2D eigenvalue weighted by Crippen LogP contribution is 2.17. The van der Waals surface area contributed by atoms with Gasteiger partial charge in [0.15, 0.2) is 0 Å². The van der Waals surface area contributed by atoms with Crippen LogP contribution in [0.1, 0.15) is 0 Å². The number of rotatable bonds is 3. The summed E-state index contributed by atoms with van der Waals surface area (Å²) in [6, 6.07) is 5.12. The van der Waals surface area contributed by atoms with Crippen LogP contribution in [0.25, 0.3) is 10.9 Å². The second-order valence-electron chi connectivity index (χ2n) is 3.51. The molecule has 5 nitrogen and oxygen atoms in total. The first-order chi connectivity index (χ1) is 8.17. The van der Waals surface area contributed by atoms with Crippen LogP contribution in [0.5, 0.6) is 5.75 Å². The normalized spacial score (nSPS) is 10.8. The predicted octanol–water partition coefficient (Wildman–Crippen LogP) is 1.24. The van der Waals surface area contributed by atoms with E-state index in [2.05, 4.69) is 10.3 Å². The number of methoxy groups -OCH3 is 1. The highest BCUT2D eigenvalue weighted by molar-refractivity contribution is 6.28. The summed E-state index contributed by atoms with van der Waals surface area (Å²) in [7, 11) is 3.29. The number of ether oxygens (including phenoxy) is 1. The second-order valence-corrected chi connectivity index (χ2v) is 3.85. The Kier molecular flexibility index (Phi) is 3.31. The summed E-state index contributed by atoms with van der Waals surface area (Å²) in [6.07, 6.45) is 0. The molecule has 1 aromatic heterocycles. The summed E-state index contributed by atoms with van der Waals surface area (Å²) in [5, 5.41) is 3.52. The summed E-state index contributed by atoms with van der Waals surface area (Å²) < 4.78 is 6.45. The van der Waals surface area contributed by atoms with E-state index in [1.807, 2.05) is 0 Å². The molecule has 6 heteroatoms. The van der Waals surface area contributed by atoms with E-state index in [9.17, 15) is 4.79 Å². The van der Waals surface area contributed by atoms with Crippen LogP contribution in [0.2, 0.25) is 5.28 Å². The standard InChI is InChI=1S/C11H12ClN3O2/c1-13-6-15-10(16)8-5-7(17-2)3-4-9(8)14-11(15)12/h3-5,13H,6H2,1-2H3. The molecule has 1 aromatic carbocycles. The minimum atomic E-state index is -0.187. The van der Waals surface area contributed by atoms with Crippen molar-refractivity contribution in [3.63, 3.8) is 0 Å². The summed E-state index contributed by atoms with van der Waals surface area (Å²) in [5.41, 5.74) is 0.376. The van der Waals surface area contributed by atoms with Crippen molar-refractivity contribution >= 4 is 22.5 Å². The minimum absolute atomic E-state index is 0.169. The first kappa shape index (κ1) is 11.9. The zero-order valence-corrected chi connectivity index (χ0v) is 10.3. The van der Waals surface area contributed by atoms with Gasteiger partial charge < -0.3 is 10.1 Å². The van der Waals surface area contributed by atoms with Crippen molar-refractivity contribution in [3.05, 3.63) is 33.8 Å². The van der Waals surface area contributed by atoms with Gasteiger partial charge in [0.1, 0.15) is 5.75 Å². The van der Waals surface area contributed by atoms with Gasteiger partial charge in [0.25, 0.3) is 5.56 Å². The molecule has 0 unspecified atom stereocenters. The van der Waals surface area contributed by atoms with Crippen molar-refractivity contribution in [3.8, 4) is 5.75 Å². The van der Waals surface area contributed by atoms with Gasteiger partial charge in [-0.15, -0.1) is 0 Å². The van der Waals surface area contributed by atoms with Crippen molar-refractivity contribution in [2.24, 2.45) is 0 Å². The van der Waals surface area contributed by atoms with Crippen LogP contribution in [0.15, 0.2) is 23.0 Å². The fourth-order valence-corrected chi connectivity index (χ4v) is 1.82. The average molecular weight is 254 g/mol. The molecule has 2 rings (SSSR count). The van der Waals surface area contributed by atoms with Crippen molar-refractivity contribution in [1.29, 1.82) is 0 Å². The predicted molar refractivity (Wildman–Crippen MR) is 66.6 cm³/mol. The summed E-state index contributed by atoms with van der Waals surface area (Å²) in [6.45, 7) is 0.317. The van der Waals surface area contributed by atoms with Gasteiger partial charge in [-0.2, -0.15) is 0 Å². The van der Waals surface area contributed by atoms with Crippen LogP contribution in [-0.4, -0.2) is 23.7 Å². The Morgan fingerprint density at radius 1 is 1.53 bits per heavy atom. The Morgan fingerprint density at radius 3 is 2.94 bits per heavy atom. The summed E-state index contributed by atoms with van der Waals surface area (Å²) in [4.78, 5) is 16.3. The summed E-state index contributed by atoms with van der Waals surface area (Å²) in [5.74, 6) is 0.620. The van der Waals surface area contributed by atoms with Crippen LogP contribution in [0.4, 0.5) is 0 Å². The van der Waals surface area contributed by atoms with Crippen LogP contribution in [0.3, 0.4) is 0 Å². The number of fused-ring (bicyclic) bond motifs is 1. The van der Waals surface area contributed by atoms with Gasteiger partial charge in [-0.1, -0.05) is 0 Å². The third kappa shape index (κ3) is 2.11. The van der Waals surface area contributed by atoms with E-state index in [-0.39, 0.29) is 10.8 Å². The molecule has 0 spiro atoms. The van der Waals surface area contributed by atoms with Gasteiger partial charge in [-0.05, 0) is 36.8 Å². The maximum atomic E-state index is 12.2. The number of nitrogens with one attached hydrogen (secondary N) is 1. The monoisotopic (exact) mass is 253 g/mol. The molecule has 0 aliphatic rings. The zero-order valence-electron chi connectivity index (χ0n) is 9.53. The van der Waals surface area contributed by atoms with E-state index in [0.29, 0.717) is 23.3 Å². The Morgan fingerprint density at radius 2 is 2.29 bits per heavy atom. The quantitative estimate of drug-likeness (QED) is 0.836. The lowest BCUT2D eigenvalue weighted by molar-refractivity contribution is 0.415. The molecule has 0 bridgehead atoms. The number of nitrogens with zero attached hydrogens (tertiary/aromatic N) is 2. The van der Waals surface area contributed by atoms with Crippen molar-refractivity contribution in [1.82, 2.24) is 14.9 Å². The Balaban J connectivity index is 2.74. The van der Waals surface area contributed by atoms with Gasteiger partial charge in [0, 0.05) is 0 Å². The summed E-state index contributed by atoms with van der Waals surface area (Å²) >= 11 is 5.94. The van der Waals surface area contributed by atoms with E-state index < -0.39 is 0 Å². The third-order valence-corrected chi connectivity index (χ3v) is 2.72. The maximum absolute atomic E-state index is 12.2. The molecule has 1 N–H and O–H groups in total. The Labute approximate surface area is 103 Å². The molecule has 0 saturated carbocycles. The molecule has 90 valence electrons. The first-order valence-electron chi connectivity index (χ1n) is 5.06. The molecule has 0 radical (unpaired) electrons. The molecular formula is C11H12ClN3O2. The molecule has 0 amide bonds. The molecule has 1 heterocycles. The highest BCUT2D eigenvalue weighted by Gasteiger charge is 2.09. The van der Waals surface area contributed by atoms with Gasteiger partial charge in [0.2, 0.25) is 5.28 Å². The smallest absolute Gasteiger partial charge is 0.263 e. The molecule has 0 aliphatic heterocycles. The van der Waals surface area contributed by atoms with Gasteiger partial charge >= 0.3 is 0 Å². The zero-order chi connectivity index (χ0) is 12.4. The lowest BCUT2D eigenvalue weighted by Crippen LogP contribution is -2.27. The number of aromatic nitrogens is 2. The maximum Gasteiger partial charge on any atom is 0.263 e. The second kappa shape index (κ2) is 4.73. The SMILES string of the molecule is CNCn1c(Cl)nc2ccc(OC)cc2c1=O. The fourth-order valence-electron chi connectivity index (χ4n) is 1.60. The molecular weight excluding hydrogens is 242 g/mol.